The van der Waals surface area contributed by atoms with Gasteiger partial charge in [0.05, 0.1) is 5.60 Å². The molecule has 0 radical (unpaired) electrons. The van der Waals surface area contributed by atoms with Crippen molar-refractivity contribution in [1.29, 1.82) is 0 Å². The van der Waals surface area contributed by atoms with Crippen molar-refractivity contribution in [2.45, 2.75) is 64.5 Å². The predicted octanol–water partition coefficient (Wildman–Crippen LogP) is 2.64. The van der Waals surface area contributed by atoms with E-state index in [0.717, 1.165) is 0 Å². The molecule has 12 heavy (non-hydrogen) atoms. The largest absolute Gasteiger partial charge is 0.296 e. The molecule has 0 aromatic carbocycles. The Kier molecular flexibility index (Phi) is 3.53. The molecule has 72 valence electrons. The Hall–Kier alpha value is -0.0800. The summed E-state index contributed by atoms with van der Waals surface area (Å²) in [5.41, 5.74) is 3.10. The SMILES string of the molecule is CC(C)(C)ONC1CCCCC1. The van der Waals surface area contributed by atoms with Crippen molar-refractivity contribution in [2.24, 2.45) is 0 Å². The van der Waals surface area contributed by atoms with Crippen LogP contribution >= 0.6 is 0 Å². The lowest BCUT2D eigenvalue weighted by molar-refractivity contribution is -0.0925. The van der Waals surface area contributed by atoms with Gasteiger partial charge in [0, 0.05) is 6.04 Å². The van der Waals surface area contributed by atoms with Gasteiger partial charge in [-0.15, -0.1) is 0 Å². The van der Waals surface area contributed by atoms with Gasteiger partial charge in [-0.2, -0.15) is 5.48 Å². The number of hydrogen-bond acceptors (Lipinski definition) is 2. The van der Waals surface area contributed by atoms with Gasteiger partial charge in [-0.05, 0) is 33.6 Å². The summed E-state index contributed by atoms with van der Waals surface area (Å²) in [7, 11) is 0. The fourth-order valence-electron chi connectivity index (χ4n) is 1.48. The summed E-state index contributed by atoms with van der Waals surface area (Å²) >= 11 is 0. The van der Waals surface area contributed by atoms with Gasteiger partial charge in [-0.3, -0.25) is 4.84 Å². The Morgan fingerprint density at radius 3 is 2.17 bits per heavy atom. The molecule has 1 rings (SSSR count). The van der Waals surface area contributed by atoms with E-state index in [1.165, 1.54) is 32.1 Å². The Labute approximate surface area is 75.6 Å². The van der Waals surface area contributed by atoms with Gasteiger partial charge in [0.1, 0.15) is 0 Å². The lowest BCUT2D eigenvalue weighted by atomic mass is 9.96. The fraction of sp³-hybridized carbons (Fsp3) is 1.00. The van der Waals surface area contributed by atoms with E-state index in [-0.39, 0.29) is 5.60 Å². The van der Waals surface area contributed by atoms with Crippen LogP contribution < -0.4 is 5.48 Å². The zero-order chi connectivity index (χ0) is 9.03. The third-order valence-electron chi connectivity index (χ3n) is 2.14. The molecule has 1 aliphatic carbocycles. The molecular weight excluding hydrogens is 150 g/mol. The normalized spacial score (nSPS) is 21.2. The van der Waals surface area contributed by atoms with Crippen LogP contribution in [0.15, 0.2) is 0 Å². The topological polar surface area (TPSA) is 21.3 Å². The van der Waals surface area contributed by atoms with Gasteiger partial charge in [-0.25, -0.2) is 0 Å². The predicted molar refractivity (Wildman–Crippen MR) is 50.8 cm³/mol. The van der Waals surface area contributed by atoms with Crippen LogP contribution in [-0.4, -0.2) is 11.6 Å². The van der Waals surface area contributed by atoms with Crippen LogP contribution in [-0.2, 0) is 4.84 Å². The second kappa shape index (κ2) is 4.24. The van der Waals surface area contributed by atoms with Crippen LogP contribution in [0, 0.1) is 0 Å². The zero-order valence-electron chi connectivity index (χ0n) is 8.52. The Morgan fingerprint density at radius 2 is 1.67 bits per heavy atom. The Morgan fingerprint density at radius 1 is 1.08 bits per heavy atom. The van der Waals surface area contributed by atoms with Crippen molar-refractivity contribution in [2.75, 3.05) is 0 Å². The second-order valence-corrected chi connectivity index (χ2v) is 4.67. The zero-order valence-corrected chi connectivity index (χ0v) is 8.52. The van der Waals surface area contributed by atoms with Crippen LogP contribution in [0.3, 0.4) is 0 Å². The first-order chi connectivity index (χ1) is 5.58. The molecule has 1 aliphatic rings. The minimum absolute atomic E-state index is 0.0581. The smallest absolute Gasteiger partial charge is 0.0813 e. The number of rotatable bonds is 2. The molecule has 2 heteroatoms. The first-order valence-corrected chi connectivity index (χ1v) is 5.01. The molecule has 1 N–H and O–H groups in total. The molecule has 0 unspecified atom stereocenters. The van der Waals surface area contributed by atoms with Crippen LogP contribution in [0.1, 0.15) is 52.9 Å². The summed E-state index contributed by atoms with van der Waals surface area (Å²) in [5.74, 6) is 0. The van der Waals surface area contributed by atoms with E-state index in [4.69, 9.17) is 4.84 Å². The molecule has 0 saturated heterocycles. The Balaban J connectivity index is 2.13. The van der Waals surface area contributed by atoms with E-state index in [0.29, 0.717) is 6.04 Å². The van der Waals surface area contributed by atoms with E-state index >= 15 is 0 Å². The maximum Gasteiger partial charge on any atom is 0.0813 e. The average Bonchev–Trinajstić information content (AvgIpc) is 2.02. The van der Waals surface area contributed by atoms with E-state index in [1.807, 2.05) is 0 Å². The third kappa shape index (κ3) is 4.07. The van der Waals surface area contributed by atoms with Gasteiger partial charge in [0.2, 0.25) is 0 Å². The molecule has 1 fully saturated rings. The van der Waals surface area contributed by atoms with E-state index in [9.17, 15) is 0 Å². The summed E-state index contributed by atoms with van der Waals surface area (Å²) in [6.07, 6.45) is 6.65. The highest BCUT2D eigenvalue weighted by atomic mass is 16.7. The van der Waals surface area contributed by atoms with Gasteiger partial charge in [-0.1, -0.05) is 19.3 Å². The number of nitrogens with one attached hydrogen (secondary N) is 1. The van der Waals surface area contributed by atoms with Gasteiger partial charge in [0.15, 0.2) is 0 Å². The minimum Gasteiger partial charge on any atom is -0.296 e. The van der Waals surface area contributed by atoms with Gasteiger partial charge >= 0.3 is 0 Å². The monoisotopic (exact) mass is 171 g/mol. The Bertz CT molecular complexity index is 122. The quantitative estimate of drug-likeness (QED) is 0.645. The number of hydrogen-bond donors (Lipinski definition) is 1. The molecule has 0 spiro atoms. The summed E-state index contributed by atoms with van der Waals surface area (Å²) in [4.78, 5) is 5.52. The number of hydroxylamine groups is 1. The van der Waals surface area contributed by atoms with Gasteiger partial charge in [0.25, 0.3) is 0 Å². The highest BCUT2D eigenvalue weighted by Gasteiger charge is 2.16. The maximum atomic E-state index is 5.52. The first-order valence-electron chi connectivity index (χ1n) is 5.01. The summed E-state index contributed by atoms with van der Waals surface area (Å²) < 4.78 is 0. The molecule has 0 amide bonds. The van der Waals surface area contributed by atoms with Crippen molar-refractivity contribution < 1.29 is 4.84 Å². The standard InChI is InChI=1S/C10H21NO/c1-10(2,3)12-11-9-7-5-4-6-8-9/h9,11H,4-8H2,1-3H3. The highest BCUT2D eigenvalue weighted by Crippen LogP contribution is 2.18. The van der Waals surface area contributed by atoms with Crippen molar-refractivity contribution in [3.05, 3.63) is 0 Å². The molecule has 1 saturated carbocycles. The lowest BCUT2D eigenvalue weighted by Crippen LogP contribution is -2.37. The summed E-state index contributed by atoms with van der Waals surface area (Å²) in [6, 6.07) is 0.595. The van der Waals surface area contributed by atoms with E-state index < -0.39 is 0 Å². The van der Waals surface area contributed by atoms with Crippen molar-refractivity contribution in [3.63, 3.8) is 0 Å². The molecule has 0 aliphatic heterocycles. The van der Waals surface area contributed by atoms with Crippen molar-refractivity contribution in [1.82, 2.24) is 5.48 Å². The minimum atomic E-state index is -0.0581. The molecular formula is C10H21NO. The summed E-state index contributed by atoms with van der Waals surface area (Å²) in [5, 5.41) is 0. The third-order valence-corrected chi connectivity index (χ3v) is 2.14. The average molecular weight is 171 g/mol. The van der Waals surface area contributed by atoms with E-state index in [1.54, 1.807) is 0 Å². The van der Waals surface area contributed by atoms with Gasteiger partial charge < -0.3 is 0 Å². The van der Waals surface area contributed by atoms with Crippen LogP contribution in [0.2, 0.25) is 0 Å². The highest BCUT2D eigenvalue weighted by molar-refractivity contribution is 4.69. The molecule has 2 nitrogen and oxygen atoms in total. The van der Waals surface area contributed by atoms with E-state index in [2.05, 4.69) is 26.3 Å². The van der Waals surface area contributed by atoms with Crippen molar-refractivity contribution >= 4 is 0 Å². The first kappa shape index (κ1) is 10.0. The molecule has 0 atom stereocenters. The van der Waals surface area contributed by atoms with Crippen LogP contribution in [0.5, 0.6) is 0 Å². The fourth-order valence-corrected chi connectivity index (χ4v) is 1.48. The maximum absolute atomic E-state index is 5.52. The molecule has 0 bridgehead atoms. The second-order valence-electron chi connectivity index (χ2n) is 4.67. The van der Waals surface area contributed by atoms with Crippen molar-refractivity contribution in [3.8, 4) is 0 Å². The molecule has 0 aromatic rings. The molecule has 0 aromatic heterocycles. The molecule has 0 heterocycles. The lowest BCUT2D eigenvalue weighted by Gasteiger charge is -2.27. The van der Waals surface area contributed by atoms with Crippen LogP contribution in [0.25, 0.3) is 0 Å². The van der Waals surface area contributed by atoms with Crippen LogP contribution in [0.4, 0.5) is 0 Å². The summed E-state index contributed by atoms with van der Waals surface area (Å²) in [6.45, 7) is 6.22.